The molecule has 0 radical (unpaired) electrons. The van der Waals surface area contributed by atoms with Gasteiger partial charge in [0.2, 0.25) is 5.95 Å². The molecule has 0 aliphatic heterocycles. The molecule has 132 valence electrons. The van der Waals surface area contributed by atoms with E-state index >= 15 is 0 Å². The lowest BCUT2D eigenvalue weighted by Crippen LogP contribution is -2.09. The maximum absolute atomic E-state index is 9.21. The van der Waals surface area contributed by atoms with Gasteiger partial charge in [0.15, 0.2) is 11.5 Å². The number of aliphatic hydroxyl groups is 1. The first-order valence-corrected chi connectivity index (χ1v) is 8.60. The number of nitrogens with one attached hydrogen (secondary N) is 1. The van der Waals surface area contributed by atoms with Crippen molar-refractivity contribution in [1.29, 1.82) is 0 Å². The Morgan fingerprint density at radius 3 is 2.88 bits per heavy atom. The molecule has 8 heteroatoms. The number of rotatable bonds is 7. The lowest BCUT2D eigenvalue weighted by molar-refractivity contribution is 0.282. The molecule has 0 atom stereocenters. The molecule has 7 nitrogen and oxygen atoms in total. The van der Waals surface area contributed by atoms with Crippen molar-refractivity contribution < 1.29 is 5.11 Å². The first-order valence-electron chi connectivity index (χ1n) is 8.22. The van der Waals surface area contributed by atoms with Gasteiger partial charge in [-0.2, -0.15) is 9.97 Å². The fourth-order valence-electron chi connectivity index (χ4n) is 2.62. The van der Waals surface area contributed by atoms with Crippen molar-refractivity contribution in [3.63, 3.8) is 0 Å². The number of nitrogens with zero attached hydrogens (tertiary/aromatic N) is 4. The van der Waals surface area contributed by atoms with Crippen molar-refractivity contribution in [2.45, 2.75) is 32.9 Å². The summed E-state index contributed by atoms with van der Waals surface area (Å²) < 4.78 is 1.95. The van der Waals surface area contributed by atoms with Gasteiger partial charge in [0, 0.05) is 11.6 Å². The lowest BCUT2D eigenvalue weighted by Gasteiger charge is -2.11. The number of nitrogens with two attached hydrogens (primary N) is 1. The molecule has 0 amide bonds. The third-order valence-electron chi connectivity index (χ3n) is 3.95. The van der Waals surface area contributed by atoms with Crippen molar-refractivity contribution in [3.8, 4) is 0 Å². The molecule has 25 heavy (non-hydrogen) atoms. The van der Waals surface area contributed by atoms with Crippen LogP contribution in [0.5, 0.6) is 0 Å². The zero-order chi connectivity index (χ0) is 17.8. The molecule has 0 fully saturated rings. The van der Waals surface area contributed by atoms with E-state index in [0.29, 0.717) is 23.0 Å². The first-order chi connectivity index (χ1) is 12.1. The molecule has 0 saturated carbocycles. The number of aliphatic hydroxyl groups excluding tert-OH is 1. The van der Waals surface area contributed by atoms with Crippen LogP contribution < -0.4 is 11.1 Å². The molecule has 0 bridgehead atoms. The van der Waals surface area contributed by atoms with Crippen LogP contribution in [0.1, 0.15) is 30.9 Å². The van der Waals surface area contributed by atoms with Crippen molar-refractivity contribution in [2.24, 2.45) is 0 Å². The Hall–Kier alpha value is -2.38. The SMILES string of the molecule is CCCCNc1nc(N)nc2ncn(Cc3ccc(CO)cc3Cl)c12. The molecular formula is C17H21ClN6O. The summed E-state index contributed by atoms with van der Waals surface area (Å²) >= 11 is 6.33. The van der Waals surface area contributed by atoms with Gasteiger partial charge in [-0.25, -0.2) is 4.98 Å². The predicted octanol–water partition coefficient (Wildman–Crippen LogP) is 2.81. The minimum absolute atomic E-state index is 0.0351. The molecular weight excluding hydrogens is 340 g/mol. The molecule has 4 N–H and O–H groups in total. The van der Waals surface area contributed by atoms with E-state index in [1.807, 2.05) is 16.7 Å². The molecule has 0 aliphatic rings. The molecule has 0 saturated heterocycles. The van der Waals surface area contributed by atoms with Crippen molar-refractivity contribution >= 4 is 34.5 Å². The van der Waals surface area contributed by atoms with Gasteiger partial charge in [-0.15, -0.1) is 0 Å². The second kappa shape index (κ2) is 7.67. The summed E-state index contributed by atoms with van der Waals surface area (Å²) in [5.74, 6) is 0.874. The molecule has 3 rings (SSSR count). The summed E-state index contributed by atoms with van der Waals surface area (Å²) in [7, 11) is 0. The van der Waals surface area contributed by atoms with Gasteiger partial charge in [-0.3, -0.25) is 0 Å². The summed E-state index contributed by atoms with van der Waals surface area (Å²) in [6.07, 6.45) is 3.83. The molecule has 1 aromatic carbocycles. The van der Waals surface area contributed by atoms with Gasteiger partial charge in [-0.1, -0.05) is 37.1 Å². The second-order valence-corrected chi connectivity index (χ2v) is 6.25. The normalized spacial score (nSPS) is 11.2. The van der Waals surface area contributed by atoms with Gasteiger partial charge in [0.05, 0.1) is 19.5 Å². The van der Waals surface area contributed by atoms with E-state index < -0.39 is 0 Å². The average molecular weight is 361 g/mol. The van der Waals surface area contributed by atoms with Crippen LogP contribution in [-0.4, -0.2) is 31.2 Å². The van der Waals surface area contributed by atoms with Gasteiger partial charge in [-0.05, 0) is 23.6 Å². The molecule has 3 aromatic rings. The van der Waals surface area contributed by atoms with Crippen LogP contribution in [-0.2, 0) is 13.2 Å². The number of hydrogen-bond acceptors (Lipinski definition) is 6. The van der Waals surface area contributed by atoms with Gasteiger partial charge in [0.25, 0.3) is 0 Å². The summed E-state index contributed by atoms with van der Waals surface area (Å²) in [6, 6.07) is 5.53. The molecule has 0 unspecified atom stereocenters. The summed E-state index contributed by atoms with van der Waals surface area (Å²) in [5.41, 5.74) is 8.85. The van der Waals surface area contributed by atoms with E-state index in [-0.39, 0.29) is 12.6 Å². The number of unbranched alkanes of at least 4 members (excludes halogenated alkanes) is 1. The Labute approximate surface area is 150 Å². The Morgan fingerprint density at radius 2 is 2.16 bits per heavy atom. The fourth-order valence-corrected chi connectivity index (χ4v) is 2.89. The number of hydrogen-bond donors (Lipinski definition) is 3. The third kappa shape index (κ3) is 3.83. The van der Waals surface area contributed by atoms with Crippen LogP contribution in [0.15, 0.2) is 24.5 Å². The first kappa shape index (κ1) is 17.4. The lowest BCUT2D eigenvalue weighted by atomic mass is 10.1. The number of fused-ring (bicyclic) bond motifs is 1. The third-order valence-corrected chi connectivity index (χ3v) is 4.30. The molecule has 0 aliphatic carbocycles. The Bertz CT molecular complexity index is 879. The molecule has 2 heterocycles. The van der Waals surface area contributed by atoms with Crippen molar-refractivity contribution in [3.05, 3.63) is 40.7 Å². The maximum Gasteiger partial charge on any atom is 0.224 e. The number of benzene rings is 1. The number of anilines is 2. The zero-order valence-corrected chi connectivity index (χ0v) is 14.8. The highest BCUT2D eigenvalue weighted by Crippen LogP contribution is 2.24. The van der Waals surface area contributed by atoms with E-state index in [9.17, 15) is 5.11 Å². The van der Waals surface area contributed by atoms with Gasteiger partial charge < -0.3 is 20.7 Å². The number of aromatic nitrogens is 4. The van der Waals surface area contributed by atoms with Gasteiger partial charge in [0.1, 0.15) is 5.52 Å². The van der Waals surface area contributed by atoms with Crippen LogP contribution in [0.4, 0.5) is 11.8 Å². The highest BCUT2D eigenvalue weighted by Gasteiger charge is 2.14. The van der Waals surface area contributed by atoms with Gasteiger partial charge >= 0.3 is 0 Å². The maximum atomic E-state index is 9.21. The van der Waals surface area contributed by atoms with Crippen molar-refractivity contribution in [1.82, 2.24) is 19.5 Å². The minimum Gasteiger partial charge on any atom is -0.392 e. The smallest absolute Gasteiger partial charge is 0.224 e. The van der Waals surface area contributed by atoms with Crippen LogP contribution in [0.2, 0.25) is 5.02 Å². The summed E-state index contributed by atoms with van der Waals surface area (Å²) in [4.78, 5) is 12.9. The van der Waals surface area contributed by atoms with Crippen molar-refractivity contribution in [2.75, 3.05) is 17.6 Å². The molecule has 0 spiro atoms. The van der Waals surface area contributed by atoms with E-state index in [1.165, 1.54) is 0 Å². The monoisotopic (exact) mass is 360 g/mol. The van der Waals surface area contributed by atoms with Crippen LogP contribution >= 0.6 is 11.6 Å². The standard InChI is InChI=1S/C17H21ClN6O/c1-2-3-6-20-15-14-16(23-17(19)22-15)21-10-24(14)8-12-5-4-11(9-25)7-13(12)18/h4-5,7,10,25H,2-3,6,8-9H2,1H3,(H3,19,20,22,23). The average Bonchev–Trinajstić information content (AvgIpc) is 2.99. The second-order valence-electron chi connectivity index (χ2n) is 5.84. The van der Waals surface area contributed by atoms with E-state index in [0.717, 1.165) is 36.0 Å². The topological polar surface area (TPSA) is 102 Å². The van der Waals surface area contributed by atoms with Crippen LogP contribution in [0.3, 0.4) is 0 Å². The summed E-state index contributed by atoms with van der Waals surface area (Å²) in [6.45, 7) is 3.43. The Balaban J connectivity index is 1.96. The Kier molecular flexibility index (Phi) is 5.35. The molecule has 2 aromatic heterocycles. The highest BCUT2D eigenvalue weighted by molar-refractivity contribution is 6.31. The fraction of sp³-hybridized carbons (Fsp3) is 0.353. The predicted molar refractivity (Wildman–Crippen MR) is 99.6 cm³/mol. The van der Waals surface area contributed by atoms with Crippen LogP contribution in [0, 0.1) is 0 Å². The Morgan fingerprint density at radius 1 is 1.32 bits per heavy atom. The largest absolute Gasteiger partial charge is 0.392 e. The highest BCUT2D eigenvalue weighted by atomic mass is 35.5. The quantitative estimate of drug-likeness (QED) is 0.560. The van der Waals surface area contributed by atoms with Crippen LogP contribution in [0.25, 0.3) is 11.2 Å². The summed E-state index contributed by atoms with van der Waals surface area (Å²) in [5, 5.41) is 13.1. The number of nitrogen functional groups attached to an aromatic ring is 1. The zero-order valence-electron chi connectivity index (χ0n) is 14.0. The van der Waals surface area contributed by atoms with E-state index in [1.54, 1.807) is 12.4 Å². The number of imidazole rings is 1. The van der Waals surface area contributed by atoms with E-state index in [2.05, 4.69) is 27.2 Å². The minimum atomic E-state index is -0.0351. The van der Waals surface area contributed by atoms with E-state index in [4.69, 9.17) is 17.3 Å². The number of halogens is 1.